The van der Waals surface area contributed by atoms with Crippen molar-refractivity contribution >= 4 is 5.91 Å². The molecule has 0 spiro atoms. The van der Waals surface area contributed by atoms with Crippen molar-refractivity contribution < 1.29 is 29.6 Å². The maximum atomic E-state index is 11.4. The lowest BCUT2D eigenvalue weighted by atomic mass is 10.0. The fraction of sp³-hybridized carbons (Fsp3) is 0.812. The third-order valence-corrected chi connectivity index (χ3v) is 3.47. The summed E-state index contributed by atoms with van der Waals surface area (Å²) in [5.74, 6) is 0.314. The van der Waals surface area contributed by atoms with E-state index in [0.29, 0.717) is 31.9 Å². The monoisotopic (exact) mass is 331 g/mol. The molecule has 0 aromatic carbocycles. The zero-order valence-corrected chi connectivity index (χ0v) is 13.9. The summed E-state index contributed by atoms with van der Waals surface area (Å²) in [6.45, 7) is 4.75. The predicted octanol–water partition coefficient (Wildman–Crippen LogP) is -0.0593. The maximum Gasteiger partial charge on any atom is 0.243 e. The average Bonchev–Trinajstić information content (AvgIpc) is 2.50. The van der Waals surface area contributed by atoms with Gasteiger partial charge in [-0.05, 0) is 24.8 Å². The van der Waals surface area contributed by atoms with Crippen molar-refractivity contribution in [3.8, 4) is 0 Å². The number of hydrogen-bond acceptors (Lipinski definition) is 6. The van der Waals surface area contributed by atoms with E-state index in [1.807, 2.05) is 13.8 Å². The number of allylic oxidation sites excluding steroid dienone is 1. The molecule has 4 atom stereocenters. The molecule has 1 rings (SSSR count). The molecule has 1 heterocycles. The van der Waals surface area contributed by atoms with Crippen LogP contribution in [-0.4, -0.2) is 65.6 Å². The van der Waals surface area contributed by atoms with E-state index in [-0.39, 0.29) is 18.9 Å². The molecular formula is C16H29NO6. The Balaban J connectivity index is 2.15. The number of nitrogens with one attached hydrogen (secondary N) is 1. The normalized spacial score (nSPS) is 28.4. The Morgan fingerprint density at radius 2 is 2.13 bits per heavy atom. The number of aliphatic hydroxyl groups excluding tert-OH is 3. The number of rotatable bonds is 9. The largest absolute Gasteiger partial charge is 0.394 e. The molecule has 0 radical (unpaired) electrons. The maximum absolute atomic E-state index is 11.4. The van der Waals surface area contributed by atoms with Crippen molar-refractivity contribution in [2.45, 2.75) is 57.7 Å². The van der Waals surface area contributed by atoms with Crippen LogP contribution in [0.2, 0.25) is 0 Å². The van der Waals surface area contributed by atoms with Gasteiger partial charge in [0.1, 0.15) is 12.2 Å². The summed E-state index contributed by atoms with van der Waals surface area (Å²) in [7, 11) is 0. The van der Waals surface area contributed by atoms with Gasteiger partial charge in [-0.25, -0.2) is 0 Å². The molecule has 0 bridgehead atoms. The number of ether oxygens (including phenoxy) is 2. The zero-order chi connectivity index (χ0) is 17.2. The number of hydrogen-bond donors (Lipinski definition) is 4. The molecular weight excluding hydrogens is 302 g/mol. The van der Waals surface area contributed by atoms with Gasteiger partial charge in [0.05, 0.1) is 19.3 Å². The van der Waals surface area contributed by atoms with Crippen LogP contribution in [-0.2, 0) is 14.3 Å². The van der Waals surface area contributed by atoms with E-state index >= 15 is 0 Å². The lowest BCUT2D eigenvalue weighted by Gasteiger charge is -2.36. The van der Waals surface area contributed by atoms with Crippen molar-refractivity contribution in [1.29, 1.82) is 0 Å². The summed E-state index contributed by atoms with van der Waals surface area (Å²) >= 11 is 0. The van der Waals surface area contributed by atoms with E-state index in [4.69, 9.17) is 14.6 Å². The Morgan fingerprint density at radius 1 is 1.39 bits per heavy atom. The van der Waals surface area contributed by atoms with Crippen molar-refractivity contribution in [2.24, 2.45) is 5.92 Å². The minimum Gasteiger partial charge on any atom is -0.394 e. The Kier molecular flexibility index (Phi) is 9.35. The lowest BCUT2D eigenvalue weighted by Crippen LogP contribution is -2.49. The molecule has 0 aromatic heterocycles. The van der Waals surface area contributed by atoms with Gasteiger partial charge in [-0.3, -0.25) is 4.79 Å². The van der Waals surface area contributed by atoms with Crippen LogP contribution in [0.5, 0.6) is 0 Å². The molecule has 0 saturated carbocycles. The molecule has 2 unspecified atom stereocenters. The molecule has 23 heavy (non-hydrogen) atoms. The Labute approximate surface area is 137 Å². The zero-order valence-electron chi connectivity index (χ0n) is 13.9. The average molecular weight is 331 g/mol. The molecule has 1 aliphatic rings. The lowest BCUT2D eigenvalue weighted by molar-refractivity contribution is -0.270. The second-order valence-electron chi connectivity index (χ2n) is 6.15. The minimum absolute atomic E-state index is 0.106. The molecule has 1 amide bonds. The van der Waals surface area contributed by atoms with Gasteiger partial charge in [0.15, 0.2) is 6.29 Å². The fourth-order valence-electron chi connectivity index (χ4n) is 2.13. The van der Waals surface area contributed by atoms with Gasteiger partial charge in [-0.2, -0.15) is 0 Å². The van der Waals surface area contributed by atoms with Gasteiger partial charge < -0.3 is 30.1 Å². The van der Waals surface area contributed by atoms with Crippen molar-refractivity contribution in [3.05, 3.63) is 12.2 Å². The molecule has 1 aliphatic heterocycles. The van der Waals surface area contributed by atoms with Gasteiger partial charge in [-0.1, -0.05) is 19.9 Å². The molecule has 134 valence electrons. The molecule has 1 fully saturated rings. The van der Waals surface area contributed by atoms with Crippen LogP contribution in [0.15, 0.2) is 12.2 Å². The molecule has 7 heteroatoms. The third-order valence-electron chi connectivity index (χ3n) is 3.47. The number of carbonyl (C=O) groups is 1. The smallest absolute Gasteiger partial charge is 0.243 e. The molecule has 4 N–H and O–H groups in total. The second-order valence-corrected chi connectivity index (χ2v) is 6.15. The molecule has 7 nitrogen and oxygen atoms in total. The van der Waals surface area contributed by atoms with Crippen LogP contribution in [0.1, 0.15) is 33.1 Å². The standard InChI is InChI=1S/C16H29NO6/c1-11(2)9-17-15(21)6-4-3-5-7-22-16-13(20)8-12(19)14(10-18)23-16/h4,6,11-14,16,18-20H,3,5,7-10H2,1-2H3,(H,17,21)/b6-4+/t12?,13-,14+,16?/m1/s1. The summed E-state index contributed by atoms with van der Waals surface area (Å²) in [5.41, 5.74) is 0. The topological polar surface area (TPSA) is 108 Å². The van der Waals surface area contributed by atoms with E-state index in [1.165, 1.54) is 6.08 Å². The minimum atomic E-state index is -0.912. The quantitative estimate of drug-likeness (QED) is 0.348. The van der Waals surface area contributed by atoms with Crippen molar-refractivity contribution in [1.82, 2.24) is 5.32 Å². The molecule has 0 aliphatic carbocycles. The first kappa shape index (κ1) is 20.1. The van der Waals surface area contributed by atoms with Crippen LogP contribution in [0.3, 0.4) is 0 Å². The highest BCUT2D eigenvalue weighted by atomic mass is 16.7. The molecule has 1 saturated heterocycles. The van der Waals surface area contributed by atoms with Gasteiger partial charge in [-0.15, -0.1) is 0 Å². The Bertz CT molecular complexity index is 374. The Hall–Kier alpha value is -0.990. The van der Waals surface area contributed by atoms with Crippen molar-refractivity contribution in [2.75, 3.05) is 19.8 Å². The summed E-state index contributed by atoms with van der Waals surface area (Å²) in [6, 6.07) is 0. The summed E-state index contributed by atoms with van der Waals surface area (Å²) in [4.78, 5) is 11.4. The van der Waals surface area contributed by atoms with E-state index in [2.05, 4.69) is 5.32 Å². The molecule has 0 aromatic rings. The van der Waals surface area contributed by atoms with E-state index in [0.717, 1.165) is 0 Å². The predicted molar refractivity (Wildman–Crippen MR) is 84.6 cm³/mol. The number of aliphatic hydroxyl groups is 3. The highest BCUT2D eigenvalue weighted by Crippen LogP contribution is 2.21. The van der Waals surface area contributed by atoms with Gasteiger partial charge >= 0.3 is 0 Å². The van der Waals surface area contributed by atoms with Crippen LogP contribution >= 0.6 is 0 Å². The summed E-state index contributed by atoms with van der Waals surface area (Å²) in [6.07, 6.45) is 1.38. The first-order chi connectivity index (χ1) is 10.9. The highest BCUT2D eigenvalue weighted by Gasteiger charge is 2.36. The van der Waals surface area contributed by atoms with Gasteiger partial charge in [0.25, 0.3) is 0 Å². The number of carbonyl (C=O) groups excluding carboxylic acids is 1. The van der Waals surface area contributed by atoms with Crippen molar-refractivity contribution in [3.63, 3.8) is 0 Å². The van der Waals surface area contributed by atoms with E-state index < -0.39 is 24.6 Å². The van der Waals surface area contributed by atoms with E-state index in [9.17, 15) is 15.0 Å². The SMILES string of the molecule is CC(C)CNC(=O)/C=C/CCCOC1O[C@@H](CO)C(O)C[C@H]1O. The first-order valence-electron chi connectivity index (χ1n) is 8.12. The van der Waals surface area contributed by atoms with Crippen LogP contribution in [0, 0.1) is 5.92 Å². The van der Waals surface area contributed by atoms with Gasteiger partial charge in [0.2, 0.25) is 5.91 Å². The van der Waals surface area contributed by atoms with Crippen LogP contribution in [0.25, 0.3) is 0 Å². The third kappa shape index (κ3) is 7.90. The Morgan fingerprint density at radius 3 is 2.78 bits per heavy atom. The summed E-state index contributed by atoms with van der Waals surface area (Å²) in [5, 5.41) is 31.2. The summed E-state index contributed by atoms with van der Waals surface area (Å²) < 4.78 is 10.7. The highest BCUT2D eigenvalue weighted by molar-refractivity contribution is 5.87. The first-order valence-corrected chi connectivity index (χ1v) is 8.12. The van der Waals surface area contributed by atoms with Crippen LogP contribution < -0.4 is 5.32 Å². The van der Waals surface area contributed by atoms with Gasteiger partial charge in [0, 0.05) is 13.0 Å². The fourth-order valence-corrected chi connectivity index (χ4v) is 2.13. The number of unbranched alkanes of at least 4 members (excludes halogenated alkanes) is 1. The number of amides is 1. The van der Waals surface area contributed by atoms with E-state index in [1.54, 1.807) is 6.08 Å². The van der Waals surface area contributed by atoms with Crippen LogP contribution in [0.4, 0.5) is 0 Å². The second kappa shape index (κ2) is 10.7.